The van der Waals surface area contributed by atoms with Gasteiger partial charge in [-0.15, -0.1) is 0 Å². The topological polar surface area (TPSA) is 45.2 Å². The Morgan fingerprint density at radius 3 is 2.56 bits per heavy atom. The van der Waals surface area contributed by atoms with Crippen molar-refractivity contribution in [1.82, 2.24) is 10.3 Å². The van der Waals surface area contributed by atoms with Gasteiger partial charge in [0.2, 0.25) is 0 Å². The zero-order valence-electron chi connectivity index (χ0n) is 8.08. The Kier molecular flexibility index (Phi) is 2.45. The quantitative estimate of drug-likeness (QED) is 0.798. The van der Waals surface area contributed by atoms with E-state index in [1.807, 2.05) is 0 Å². The molecule has 0 atom stereocenters. The Morgan fingerprint density at radius 2 is 2.12 bits per heavy atom. The van der Waals surface area contributed by atoms with Crippen LogP contribution >= 0.6 is 0 Å². The predicted octanol–water partition coefficient (Wildman–Crippen LogP) is 1.63. The van der Waals surface area contributed by atoms with Crippen LogP contribution < -0.4 is 10.2 Å². The van der Waals surface area contributed by atoms with Gasteiger partial charge in [0.05, 0.1) is 5.56 Å². The molecule has 1 aromatic rings. The fourth-order valence-corrected chi connectivity index (χ4v) is 1.40. The summed E-state index contributed by atoms with van der Waals surface area (Å²) in [5, 5.41) is 2.54. The molecule has 0 unspecified atom stereocenters. The second kappa shape index (κ2) is 3.66. The van der Waals surface area contributed by atoms with Gasteiger partial charge in [-0.05, 0) is 12.1 Å². The minimum Gasteiger partial charge on any atom is -0.336 e. The molecule has 0 saturated carbocycles. The van der Waals surface area contributed by atoms with Crippen molar-refractivity contribution in [3.63, 3.8) is 0 Å². The van der Waals surface area contributed by atoms with E-state index in [1.54, 1.807) is 0 Å². The molecule has 1 aromatic heterocycles. The molecule has 1 aliphatic heterocycles. The molecule has 4 nitrogen and oxygen atoms in total. The maximum atomic E-state index is 12.2. The summed E-state index contributed by atoms with van der Waals surface area (Å²) >= 11 is 0. The van der Waals surface area contributed by atoms with E-state index >= 15 is 0 Å². The van der Waals surface area contributed by atoms with Crippen LogP contribution in [-0.4, -0.2) is 24.1 Å². The van der Waals surface area contributed by atoms with E-state index < -0.39 is 11.7 Å². The van der Waals surface area contributed by atoms with Gasteiger partial charge in [-0.2, -0.15) is 13.2 Å². The Balaban J connectivity index is 2.22. The predicted molar refractivity (Wildman–Crippen MR) is 50.0 cm³/mol. The zero-order chi connectivity index (χ0) is 11.8. The molecule has 0 radical (unpaired) electrons. The molecule has 7 heteroatoms. The van der Waals surface area contributed by atoms with E-state index in [1.165, 1.54) is 11.0 Å². The Bertz CT molecular complexity index is 401. The van der Waals surface area contributed by atoms with Gasteiger partial charge in [0.25, 0.3) is 0 Å². The first-order chi connectivity index (χ1) is 7.48. The van der Waals surface area contributed by atoms with Crippen LogP contribution in [-0.2, 0) is 6.18 Å². The molecule has 0 aliphatic carbocycles. The van der Waals surface area contributed by atoms with E-state index in [9.17, 15) is 18.0 Å². The number of pyridine rings is 1. The number of anilines is 1. The molecule has 1 saturated heterocycles. The van der Waals surface area contributed by atoms with Gasteiger partial charge in [0.15, 0.2) is 0 Å². The average molecular weight is 231 g/mol. The molecule has 2 amide bonds. The number of urea groups is 1. The molecule has 86 valence electrons. The van der Waals surface area contributed by atoms with Crippen molar-refractivity contribution in [1.29, 1.82) is 0 Å². The molecule has 16 heavy (non-hydrogen) atoms. The second-order valence-corrected chi connectivity index (χ2v) is 3.29. The highest BCUT2D eigenvalue weighted by atomic mass is 19.4. The molecule has 0 bridgehead atoms. The first-order valence-electron chi connectivity index (χ1n) is 4.57. The minimum absolute atomic E-state index is 0.225. The normalized spacial score (nSPS) is 16.4. The third-order valence-electron chi connectivity index (χ3n) is 2.21. The van der Waals surface area contributed by atoms with Gasteiger partial charge in [-0.25, -0.2) is 9.78 Å². The molecule has 1 aliphatic rings. The number of amides is 2. The van der Waals surface area contributed by atoms with E-state index in [4.69, 9.17) is 0 Å². The van der Waals surface area contributed by atoms with Crippen LogP contribution in [0.2, 0.25) is 0 Å². The lowest BCUT2D eigenvalue weighted by atomic mass is 10.3. The van der Waals surface area contributed by atoms with Crippen LogP contribution in [0.15, 0.2) is 18.3 Å². The van der Waals surface area contributed by atoms with Crippen molar-refractivity contribution in [3.05, 3.63) is 23.9 Å². The average Bonchev–Trinajstić information content (AvgIpc) is 2.63. The number of carbonyl (C=O) groups is 1. The lowest BCUT2D eigenvalue weighted by molar-refractivity contribution is -0.137. The third-order valence-corrected chi connectivity index (χ3v) is 2.21. The number of hydrogen-bond acceptors (Lipinski definition) is 2. The summed E-state index contributed by atoms with van der Waals surface area (Å²) in [7, 11) is 0. The van der Waals surface area contributed by atoms with Crippen LogP contribution in [0.1, 0.15) is 5.56 Å². The van der Waals surface area contributed by atoms with Gasteiger partial charge in [0.1, 0.15) is 5.82 Å². The summed E-state index contributed by atoms with van der Waals surface area (Å²) in [6, 6.07) is 1.76. The molecule has 2 heterocycles. The number of hydrogen-bond donors (Lipinski definition) is 1. The lowest BCUT2D eigenvalue weighted by Gasteiger charge is -2.13. The highest BCUT2D eigenvalue weighted by Gasteiger charge is 2.31. The molecule has 0 aromatic carbocycles. The maximum Gasteiger partial charge on any atom is 0.417 e. The van der Waals surface area contributed by atoms with Crippen molar-refractivity contribution in [2.75, 3.05) is 18.0 Å². The fourth-order valence-electron chi connectivity index (χ4n) is 1.40. The molecule has 1 fully saturated rings. The number of rotatable bonds is 1. The highest BCUT2D eigenvalue weighted by molar-refractivity contribution is 5.92. The first-order valence-corrected chi connectivity index (χ1v) is 4.57. The van der Waals surface area contributed by atoms with Gasteiger partial charge in [-0.3, -0.25) is 4.90 Å². The molecule has 0 spiro atoms. The summed E-state index contributed by atoms with van der Waals surface area (Å²) in [6.07, 6.45) is -3.68. The van der Waals surface area contributed by atoms with Gasteiger partial charge in [0, 0.05) is 19.3 Å². The van der Waals surface area contributed by atoms with E-state index in [2.05, 4.69) is 10.3 Å². The minimum atomic E-state index is -4.40. The Labute approximate surface area is 89.1 Å². The SMILES string of the molecule is O=C1NCCN1c1ccc(C(F)(F)F)cn1. The summed E-state index contributed by atoms with van der Waals surface area (Å²) in [5.41, 5.74) is -0.823. The van der Waals surface area contributed by atoms with Crippen molar-refractivity contribution < 1.29 is 18.0 Å². The number of aromatic nitrogens is 1. The maximum absolute atomic E-state index is 12.2. The van der Waals surface area contributed by atoms with Crippen molar-refractivity contribution in [2.45, 2.75) is 6.18 Å². The summed E-state index contributed by atoms with van der Waals surface area (Å²) in [4.78, 5) is 16.1. The monoisotopic (exact) mass is 231 g/mol. The molecular weight excluding hydrogens is 223 g/mol. The van der Waals surface area contributed by atoms with Crippen molar-refractivity contribution in [2.24, 2.45) is 0 Å². The highest BCUT2D eigenvalue weighted by Crippen LogP contribution is 2.29. The summed E-state index contributed by atoms with van der Waals surface area (Å²) < 4.78 is 36.7. The van der Waals surface area contributed by atoms with Crippen molar-refractivity contribution in [3.8, 4) is 0 Å². The van der Waals surface area contributed by atoms with Crippen LogP contribution in [0.5, 0.6) is 0 Å². The van der Waals surface area contributed by atoms with Gasteiger partial charge >= 0.3 is 12.2 Å². The zero-order valence-corrected chi connectivity index (χ0v) is 8.08. The number of nitrogens with one attached hydrogen (secondary N) is 1. The summed E-state index contributed by atoms with van der Waals surface area (Å²) in [5.74, 6) is 0.225. The summed E-state index contributed by atoms with van der Waals surface area (Å²) in [6.45, 7) is 0.888. The van der Waals surface area contributed by atoms with E-state index in [0.29, 0.717) is 13.1 Å². The van der Waals surface area contributed by atoms with Crippen molar-refractivity contribution >= 4 is 11.8 Å². The van der Waals surface area contributed by atoms with Crippen LogP contribution in [0.3, 0.4) is 0 Å². The van der Waals surface area contributed by atoms with Gasteiger partial charge in [-0.1, -0.05) is 0 Å². The number of carbonyl (C=O) groups excluding carboxylic acids is 1. The largest absolute Gasteiger partial charge is 0.417 e. The molecular formula is C9H8F3N3O. The number of halogens is 3. The molecule has 1 N–H and O–H groups in total. The first kappa shape index (κ1) is 10.7. The fraction of sp³-hybridized carbons (Fsp3) is 0.333. The lowest BCUT2D eigenvalue weighted by Crippen LogP contribution is -2.28. The van der Waals surface area contributed by atoms with Crippen LogP contribution in [0, 0.1) is 0 Å². The third kappa shape index (κ3) is 1.93. The van der Waals surface area contributed by atoms with Crippen LogP contribution in [0.25, 0.3) is 0 Å². The van der Waals surface area contributed by atoms with Crippen LogP contribution in [0.4, 0.5) is 23.8 Å². The Hall–Kier alpha value is -1.79. The number of alkyl halides is 3. The van der Waals surface area contributed by atoms with E-state index in [0.717, 1.165) is 12.3 Å². The Morgan fingerprint density at radius 1 is 1.38 bits per heavy atom. The van der Waals surface area contributed by atoms with E-state index in [-0.39, 0.29) is 11.8 Å². The van der Waals surface area contributed by atoms with Gasteiger partial charge < -0.3 is 5.32 Å². The number of nitrogens with zero attached hydrogens (tertiary/aromatic N) is 2. The smallest absolute Gasteiger partial charge is 0.336 e. The standard InChI is InChI=1S/C9H8F3N3O/c10-9(11,12)6-1-2-7(14-5-6)15-4-3-13-8(15)16/h1-2,5H,3-4H2,(H,13,16). The second-order valence-electron chi connectivity index (χ2n) is 3.29. The molecule has 2 rings (SSSR count).